The molecule has 0 fully saturated rings. The number of hydrogen-bond donors (Lipinski definition) is 1. The molecule has 0 saturated carbocycles. The zero-order chi connectivity index (χ0) is 7.61. The third-order valence-electron chi connectivity index (χ3n) is 0.790. The van der Waals surface area contributed by atoms with E-state index in [1.807, 2.05) is 0 Å². The Bertz CT molecular complexity index is 203. The van der Waals surface area contributed by atoms with Crippen LogP contribution < -0.4 is 3.53 Å². The highest BCUT2D eigenvalue weighted by Crippen LogP contribution is 2.18. The minimum absolute atomic E-state index is 0. The molecule has 1 N–H and O–H groups in total. The van der Waals surface area contributed by atoms with Crippen LogP contribution in [0, 0.1) is 10.1 Å². The molecule has 11 heavy (non-hydrogen) atoms. The molecule has 0 amide bonds. The minimum Gasteiger partial charge on any atom is -0.259 e. The van der Waals surface area contributed by atoms with Gasteiger partial charge in [-0.05, 0) is 20.7 Å². The van der Waals surface area contributed by atoms with Gasteiger partial charge < -0.3 is 0 Å². The molecule has 0 aromatic carbocycles. The van der Waals surface area contributed by atoms with E-state index in [2.05, 4.69) is 24.2 Å². The maximum atomic E-state index is 10.2. The van der Waals surface area contributed by atoms with Crippen LogP contribution in [-0.4, -0.2) is 10.8 Å². The molecule has 0 saturated heterocycles. The number of nitrogens with one attached hydrogen (secondary N) is 1. The first-order valence-electron chi connectivity index (χ1n) is 2.07. The van der Waals surface area contributed by atoms with Crippen LogP contribution in [0.25, 0.3) is 0 Å². The van der Waals surface area contributed by atoms with Gasteiger partial charge in [0.2, 0.25) is 0 Å². The van der Waals surface area contributed by atoms with Crippen LogP contribution in [0.1, 0.15) is 0 Å². The van der Waals surface area contributed by atoms with Crippen LogP contribution >= 0.6 is 35.3 Å². The zero-order valence-corrected chi connectivity index (χ0v) is 7.81. The zero-order valence-electron chi connectivity index (χ0n) is 4.84. The standard InChI is InChI=1S/CHIN6O2.ClH/c2-3-1(8(9)10)4-6-7-5-1;/h3H;1H. The maximum Gasteiger partial charge on any atom is 0.521 e. The van der Waals surface area contributed by atoms with E-state index in [-0.39, 0.29) is 12.4 Å². The fourth-order valence-electron chi connectivity index (χ4n) is 0.330. The van der Waals surface area contributed by atoms with Crippen molar-refractivity contribution < 1.29 is 4.92 Å². The number of nitrogens with zero attached hydrogens (tertiary/aromatic N) is 5. The summed E-state index contributed by atoms with van der Waals surface area (Å²) < 4.78 is 2.23. The lowest BCUT2D eigenvalue weighted by atomic mass is 10.7. The molecular weight excluding hydrogens is 290 g/mol. The Morgan fingerprint density at radius 3 is 2.09 bits per heavy atom. The van der Waals surface area contributed by atoms with Crippen molar-refractivity contribution in [2.75, 3.05) is 0 Å². The van der Waals surface area contributed by atoms with Crippen molar-refractivity contribution in [3.05, 3.63) is 10.1 Å². The lowest BCUT2D eigenvalue weighted by Gasteiger charge is -2.04. The van der Waals surface area contributed by atoms with Crippen LogP contribution in [0.15, 0.2) is 20.7 Å². The van der Waals surface area contributed by atoms with E-state index < -0.39 is 10.8 Å². The monoisotopic (exact) mass is 292 g/mol. The topological polar surface area (TPSA) is 105 Å². The Morgan fingerprint density at radius 2 is 1.91 bits per heavy atom. The van der Waals surface area contributed by atoms with Crippen molar-refractivity contribution in [3.8, 4) is 0 Å². The van der Waals surface area contributed by atoms with Crippen molar-refractivity contribution in [2.45, 2.75) is 5.91 Å². The summed E-state index contributed by atoms with van der Waals surface area (Å²) in [5.74, 6) is -1.89. The van der Waals surface area contributed by atoms with E-state index in [1.165, 1.54) is 0 Å². The average molecular weight is 292 g/mol. The van der Waals surface area contributed by atoms with Gasteiger partial charge in [0.25, 0.3) is 0 Å². The number of rotatable bonds is 2. The van der Waals surface area contributed by atoms with Gasteiger partial charge in [-0.15, -0.1) is 15.9 Å². The van der Waals surface area contributed by atoms with Crippen LogP contribution in [0.5, 0.6) is 0 Å². The molecule has 1 heterocycles. The maximum absolute atomic E-state index is 10.2. The normalized spacial score (nSPS) is 17.9. The molecule has 0 aliphatic carbocycles. The lowest BCUT2D eigenvalue weighted by molar-refractivity contribution is -0.568. The smallest absolute Gasteiger partial charge is 0.259 e. The van der Waals surface area contributed by atoms with Crippen molar-refractivity contribution in [2.24, 2.45) is 20.7 Å². The summed E-state index contributed by atoms with van der Waals surface area (Å²) in [6, 6.07) is 0. The van der Waals surface area contributed by atoms with Crippen LogP contribution in [0.3, 0.4) is 0 Å². The number of hydrogen-bond acceptors (Lipinski definition) is 7. The highest BCUT2D eigenvalue weighted by molar-refractivity contribution is 14.1. The summed E-state index contributed by atoms with van der Waals surface area (Å²) >= 11 is 1.56. The average Bonchev–Trinajstić information content (AvgIpc) is 2.35. The molecular formula is CH2ClIN6O2. The van der Waals surface area contributed by atoms with Gasteiger partial charge >= 0.3 is 5.91 Å². The van der Waals surface area contributed by atoms with Gasteiger partial charge in [-0.2, -0.15) is 0 Å². The summed E-state index contributed by atoms with van der Waals surface area (Å²) in [5, 5.41) is 22.5. The molecule has 62 valence electrons. The molecule has 1 aliphatic heterocycles. The van der Waals surface area contributed by atoms with Crippen LogP contribution in [0.2, 0.25) is 0 Å². The summed E-state index contributed by atoms with van der Waals surface area (Å²) in [6.07, 6.45) is 0. The second-order valence-electron chi connectivity index (χ2n) is 1.37. The Balaban J connectivity index is 0.000001000. The summed E-state index contributed by atoms with van der Waals surface area (Å²) in [7, 11) is 0. The lowest BCUT2D eigenvalue weighted by Crippen LogP contribution is -2.41. The van der Waals surface area contributed by atoms with Crippen molar-refractivity contribution in [3.63, 3.8) is 0 Å². The van der Waals surface area contributed by atoms with Gasteiger partial charge in [0.15, 0.2) is 0 Å². The van der Waals surface area contributed by atoms with E-state index in [0.29, 0.717) is 0 Å². The fourth-order valence-corrected chi connectivity index (χ4v) is 0.743. The molecule has 0 aromatic rings. The van der Waals surface area contributed by atoms with Crippen LogP contribution in [-0.2, 0) is 0 Å². The highest BCUT2D eigenvalue weighted by Gasteiger charge is 2.46. The van der Waals surface area contributed by atoms with Crippen molar-refractivity contribution >= 4 is 35.3 Å². The number of nitro groups is 1. The second-order valence-corrected chi connectivity index (χ2v) is 1.91. The third kappa shape index (κ3) is 1.78. The van der Waals surface area contributed by atoms with E-state index in [9.17, 15) is 10.1 Å². The van der Waals surface area contributed by atoms with Gasteiger partial charge in [-0.1, -0.05) is 0 Å². The predicted molar refractivity (Wildman–Crippen MR) is 43.8 cm³/mol. The molecule has 0 atom stereocenters. The van der Waals surface area contributed by atoms with Gasteiger partial charge in [-0.25, -0.2) is 0 Å². The fraction of sp³-hybridized carbons (Fsp3) is 1.00. The Morgan fingerprint density at radius 1 is 1.45 bits per heavy atom. The van der Waals surface area contributed by atoms with Crippen molar-refractivity contribution in [1.82, 2.24) is 3.53 Å². The van der Waals surface area contributed by atoms with E-state index in [0.717, 1.165) is 0 Å². The summed E-state index contributed by atoms with van der Waals surface area (Å²) in [4.78, 5) is 9.46. The van der Waals surface area contributed by atoms with Gasteiger partial charge in [0.05, 0.1) is 4.92 Å². The summed E-state index contributed by atoms with van der Waals surface area (Å²) in [6.45, 7) is 0. The molecule has 0 unspecified atom stereocenters. The first-order chi connectivity index (χ1) is 4.71. The Kier molecular flexibility index (Phi) is 3.68. The molecule has 0 bridgehead atoms. The molecule has 8 nitrogen and oxygen atoms in total. The molecule has 0 aromatic heterocycles. The van der Waals surface area contributed by atoms with Crippen LogP contribution in [0.4, 0.5) is 0 Å². The van der Waals surface area contributed by atoms with E-state index >= 15 is 0 Å². The Labute approximate surface area is 80.6 Å². The SMILES string of the molecule is Cl.O=[N+]([O-])C1(NI)N=NN=N1. The highest BCUT2D eigenvalue weighted by atomic mass is 127. The third-order valence-corrected chi connectivity index (χ3v) is 1.51. The van der Waals surface area contributed by atoms with Crippen molar-refractivity contribution in [1.29, 1.82) is 0 Å². The van der Waals surface area contributed by atoms with E-state index in [4.69, 9.17) is 0 Å². The quantitative estimate of drug-likeness (QED) is 0.270. The molecule has 0 radical (unpaired) electrons. The summed E-state index contributed by atoms with van der Waals surface area (Å²) in [5.41, 5.74) is 0. The van der Waals surface area contributed by atoms with Gasteiger partial charge in [0, 0.05) is 22.9 Å². The molecule has 10 heteroatoms. The minimum atomic E-state index is -1.89. The Hall–Kier alpha value is -0.420. The molecule has 1 rings (SSSR count). The predicted octanol–water partition coefficient (Wildman–Crippen LogP) is 1.07. The number of halogens is 2. The van der Waals surface area contributed by atoms with Gasteiger partial charge in [-0.3, -0.25) is 10.1 Å². The second kappa shape index (κ2) is 3.82. The van der Waals surface area contributed by atoms with E-state index in [1.54, 1.807) is 22.9 Å². The first-order valence-corrected chi connectivity index (χ1v) is 3.15. The largest absolute Gasteiger partial charge is 0.521 e. The molecule has 1 aliphatic rings. The van der Waals surface area contributed by atoms with Gasteiger partial charge in [0.1, 0.15) is 0 Å². The molecule has 0 spiro atoms. The first kappa shape index (κ1) is 10.6.